The summed E-state index contributed by atoms with van der Waals surface area (Å²) in [6.45, 7) is 5.13. The lowest BCUT2D eigenvalue weighted by molar-refractivity contribution is 0.122. The summed E-state index contributed by atoms with van der Waals surface area (Å²) in [5.74, 6) is 0.770. The molecule has 5 nitrogen and oxygen atoms in total. The van der Waals surface area contributed by atoms with E-state index in [0.717, 1.165) is 49.1 Å². The second-order valence-corrected chi connectivity index (χ2v) is 5.25. The minimum atomic E-state index is 0.0494. The molecule has 2 heterocycles. The van der Waals surface area contributed by atoms with Crippen molar-refractivity contribution in [1.82, 2.24) is 9.97 Å². The van der Waals surface area contributed by atoms with Crippen LogP contribution in [0.15, 0.2) is 36.5 Å². The van der Waals surface area contributed by atoms with Crippen LogP contribution in [0, 0.1) is 0 Å². The second kappa shape index (κ2) is 6.20. The second-order valence-electron chi connectivity index (χ2n) is 5.25. The van der Waals surface area contributed by atoms with Gasteiger partial charge in [0.25, 0.3) is 0 Å². The molecule has 5 heteroatoms. The fraction of sp³-hybridized carbons (Fsp3) is 0.375. The van der Waals surface area contributed by atoms with E-state index < -0.39 is 0 Å². The molecule has 1 aliphatic heterocycles. The van der Waals surface area contributed by atoms with Crippen molar-refractivity contribution in [2.24, 2.45) is 5.73 Å². The summed E-state index contributed by atoms with van der Waals surface area (Å²) in [4.78, 5) is 11.2. The Morgan fingerprint density at radius 1 is 1.14 bits per heavy atom. The fourth-order valence-electron chi connectivity index (χ4n) is 2.38. The first-order valence-corrected chi connectivity index (χ1v) is 7.26. The van der Waals surface area contributed by atoms with E-state index in [0.29, 0.717) is 0 Å². The van der Waals surface area contributed by atoms with Crippen molar-refractivity contribution in [3.8, 4) is 11.3 Å². The summed E-state index contributed by atoms with van der Waals surface area (Å²) >= 11 is 0. The molecule has 1 atom stereocenters. The average Bonchev–Trinajstić information content (AvgIpc) is 2.56. The summed E-state index contributed by atoms with van der Waals surface area (Å²) in [6.07, 6.45) is 1.81. The number of benzene rings is 1. The topological polar surface area (TPSA) is 64.3 Å². The van der Waals surface area contributed by atoms with E-state index in [9.17, 15) is 0 Å². The van der Waals surface area contributed by atoms with Crippen molar-refractivity contribution in [1.29, 1.82) is 0 Å². The zero-order chi connectivity index (χ0) is 14.7. The van der Waals surface area contributed by atoms with Crippen molar-refractivity contribution in [3.05, 3.63) is 42.1 Å². The molecule has 0 amide bonds. The molecule has 3 rings (SSSR count). The molecular formula is C16H20N4O. The van der Waals surface area contributed by atoms with Crippen molar-refractivity contribution in [2.45, 2.75) is 13.0 Å². The molecule has 2 aromatic rings. The van der Waals surface area contributed by atoms with E-state index in [2.05, 4.69) is 39.1 Å². The number of hydrogen-bond donors (Lipinski definition) is 1. The number of rotatable bonds is 3. The Morgan fingerprint density at radius 2 is 1.86 bits per heavy atom. The lowest BCUT2D eigenvalue weighted by Gasteiger charge is -2.26. The molecular weight excluding hydrogens is 264 g/mol. The first kappa shape index (κ1) is 14.0. The summed E-state index contributed by atoms with van der Waals surface area (Å²) in [7, 11) is 0. The summed E-state index contributed by atoms with van der Waals surface area (Å²) in [5, 5.41) is 0. The maximum Gasteiger partial charge on any atom is 0.226 e. The Labute approximate surface area is 124 Å². The molecule has 0 radical (unpaired) electrons. The monoisotopic (exact) mass is 284 g/mol. The van der Waals surface area contributed by atoms with Crippen molar-refractivity contribution >= 4 is 5.95 Å². The van der Waals surface area contributed by atoms with Gasteiger partial charge in [0.1, 0.15) is 0 Å². The van der Waals surface area contributed by atoms with Gasteiger partial charge in [0.2, 0.25) is 5.95 Å². The molecule has 1 aromatic carbocycles. The molecule has 1 aliphatic rings. The van der Waals surface area contributed by atoms with Crippen LogP contribution in [0.2, 0.25) is 0 Å². The molecule has 0 saturated carbocycles. The highest BCUT2D eigenvalue weighted by Crippen LogP contribution is 2.21. The first-order valence-electron chi connectivity index (χ1n) is 7.26. The summed E-state index contributed by atoms with van der Waals surface area (Å²) in [6, 6.07) is 10.2. The number of morpholine rings is 1. The Hall–Kier alpha value is -1.98. The number of nitrogens with two attached hydrogens (primary N) is 1. The number of aromatic nitrogens is 2. The maximum absolute atomic E-state index is 5.88. The van der Waals surface area contributed by atoms with E-state index in [1.165, 1.54) is 0 Å². The van der Waals surface area contributed by atoms with Gasteiger partial charge in [0.05, 0.1) is 18.9 Å². The highest BCUT2D eigenvalue weighted by Gasteiger charge is 2.14. The molecule has 1 unspecified atom stereocenters. The van der Waals surface area contributed by atoms with Gasteiger partial charge in [-0.25, -0.2) is 9.97 Å². The van der Waals surface area contributed by atoms with Gasteiger partial charge >= 0.3 is 0 Å². The molecule has 1 saturated heterocycles. The van der Waals surface area contributed by atoms with Gasteiger partial charge in [0, 0.05) is 30.9 Å². The Bertz CT molecular complexity index is 591. The Balaban J connectivity index is 1.84. The van der Waals surface area contributed by atoms with Crippen LogP contribution in [-0.4, -0.2) is 36.3 Å². The van der Waals surface area contributed by atoms with Crippen LogP contribution in [-0.2, 0) is 4.74 Å². The van der Waals surface area contributed by atoms with Crippen LogP contribution >= 0.6 is 0 Å². The van der Waals surface area contributed by atoms with Gasteiger partial charge in [-0.05, 0) is 18.6 Å². The molecule has 2 N–H and O–H groups in total. The van der Waals surface area contributed by atoms with E-state index >= 15 is 0 Å². The standard InChI is InChI=1S/C16H20N4O/c1-12(17)13-2-4-14(5-3-13)15-6-7-18-16(19-15)20-8-10-21-11-9-20/h2-7,12H,8-11,17H2,1H3. The van der Waals surface area contributed by atoms with Gasteiger partial charge in [-0.2, -0.15) is 0 Å². The predicted octanol–water partition coefficient (Wildman–Crippen LogP) is 2.00. The first-order chi connectivity index (χ1) is 10.2. The van der Waals surface area contributed by atoms with E-state index in [-0.39, 0.29) is 6.04 Å². The number of anilines is 1. The van der Waals surface area contributed by atoms with Crippen LogP contribution in [0.5, 0.6) is 0 Å². The van der Waals surface area contributed by atoms with Gasteiger partial charge < -0.3 is 15.4 Å². The highest BCUT2D eigenvalue weighted by atomic mass is 16.5. The van der Waals surface area contributed by atoms with Crippen molar-refractivity contribution in [3.63, 3.8) is 0 Å². The minimum absolute atomic E-state index is 0.0494. The van der Waals surface area contributed by atoms with Crippen LogP contribution in [0.25, 0.3) is 11.3 Å². The summed E-state index contributed by atoms with van der Waals surface area (Å²) < 4.78 is 5.36. The molecule has 1 fully saturated rings. The molecule has 0 spiro atoms. The Kier molecular flexibility index (Phi) is 4.13. The maximum atomic E-state index is 5.88. The normalized spacial score (nSPS) is 16.8. The van der Waals surface area contributed by atoms with Gasteiger partial charge in [0.15, 0.2) is 0 Å². The zero-order valence-corrected chi connectivity index (χ0v) is 12.2. The van der Waals surface area contributed by atoms with Gasteiger partial charge in [-0.3, -0.25) is 0 Å². The van der Waals surface area contributed by atoms with Crippen LogP contribution in [0.3, 0.4) is 0 Å². The third kappa shape index (κ3) is 3.20. The van der Waals surface area contributed by atoms with Gasteiger partial charge in [-0.1, -0.05) is 24.3 Å². The smallest absolute Gasteiger partial charge is 0.226 e. The van der Waals surface area contributed by atoms with Crippen LogP contribution < -0.4 is 10.6 Å². The van der Waals surface area contributed by atoms with Gasteiger partial charge in [-0.15, -0.1) is 0 Å². The van der Waals surface area contributed by atoms with Crippen LogP contribution in [0.1, 0.15) is 18.5 Å². The van der Waals surface area contributed by atoms with Crippen molar-refractivity contribution < 1.29 is 4.74 Å². The number of nitrogens with zero attached hydrogens (tertiary/aromatic N) is 3. The lowest BCUT2D eigenvalue weighted by Crippen LogP contribution is -2.37. The largest absolute Gasteiger partial charge is 0.378 e. The fourth-order valence-corrected chi connectivity index (χ4v) is 2.38. The quantitative estimate of drug-likeness (QED) is 0.934. The molecule has 21 heavy (non-hydrogen) atoms. The zero-order valence-electron chi connectivity index (χ0n) is 12.2. The third-order valence-corrected chi connectivity index (χ3v) is 3.67. The van der Waals surface area contributed by atoms with E-state index in [1.54, 1.807) is 0 Å². The highest BCUT2D eigenvalue weighted by molar-refractivity contribution is 5.60. The third-order valence-electron chi connectivity index (χ3n) is 3.67. The summed E-state index contributed by atoms with van der Waals surface area (Å²) in [5.41, 5.74) is 9.02. The molecule has 110 valence electrons. The predicted molar refractivity (Wildman–Crippen MR) is 83.1 cm³/mol. The lowest BCUT2D eigenvalue weighted by atomic mass is 10.1. The SMILES string of the molecule is CC(N)c1ccc(-c2ccnc(N3CCOCC3)n2)cc1. The average molecular weight is 284 g/mol. The molecule has 0 aliphatic carbocycles. The number of hydrogen-bond acceptors (Lipinski definition) is 5. The Morgan fingerprint density at radius 3 is 2.52 bits per heavy atom. The molecule has 1 aromatic heterocycles. The van der Waals surface area contributed by atoms with E-state index in [1.807, 2.05) is 19.2 Å². The number of ether oxygens (including phenoxy) is 1. The van der Waals surface area contributed by atoms with E-state index in [4.69, 9.17) is 10.5 Å². The minimum Gasteiger partial charge on any atom is -0.378 e. The van der Waals surface area contributed by atoms with Crippen molar-refractivity contribution in [2.75, 3.05) is 31.2 Å². The molecule has 0 bridgehead atoms. The van der Waals surface area contributed by atoms with Crippen LogP contribution in [0.4, 0.5) is 5.95 Å².